The van der Waals surface area contributed by atoms with E-state index in [0.29, 0.717) is 17.4 Å². The summed E-state index contributed by atoms with van der Waals surface area (Å²) in [4.78, 5) is 17.9. The largest absolute Gasteiger partial charge is 0.439 e. The quantitative estimate of drug-likeness (QED) is 0.652. The van der Waals surface area contributed by atoms with E-state index in [0.717, 1.165) is 30.9 Å². The van der Waals surface area contributed by atoms with Crippen LogP contribution in [-0.4, -0.2) is 28.9 Å². The molecule has 5 heteroatoms. The van der Waals surface area contributed by atoms with Gasteiger partial charge < -0.3 is 10.5 Å². The van der Waals surface area contributed by atoms with Crippen molar-refractivity contribution in [1.29, 1.82) is 0 Å². The highest BCUT2D eigenvalue weighted by molar-refractivity contribution is 5.92. The molecule has 1 aliphatic heterocycles. The van der Waals surface area contributed by atoms with Gasteiger partial charge in [-0.15, -0.1) is 0 Å². The minimum atomic E-state index is -0.498. The maximum atomic E-state index is 11.2. The minimum Gasteiger partial charge on any atom is -0.439 e. The van der Waals surface area contributed by atoms with Crippen LogP contribution >= 0.6 is 0 Å². The fourth-order valence-corrected chi connectivity index (χ4v) is 4.08. The molecule has 2 aromatic carbocycles. The van der Waals surface area contributed by atoms with E-state index in [1.165, 1.54) is 30.2 Å². The first-order valence-corrected chi connectivity index (χ1v) is 10.4. The van der Waals surface area contributed by atoms with Crippen molar-refractivity contribution in [3.05, 3.63) is 89.1 Å². The molecule has 3 aromatic rings. The second-order valence-corrected chi connectivity index (χ2v) is 7.94. The molecule has 154 valence electrons. The molecule has 1 fully saturated rings. The van der Waals surface area contributed by atoms with Gasteiger partial charge in [-0.1, -0.05) is 42.5 Å². The molecule has 1 amide bonds. The summed E-state index contributed by atoms with van der Waals surface area (Å²) in [5.41, 5.74) is 9.40. The number of benzene rings is 2. The summed E-state index contributed by atoms with van der Waals surface area (Å²) in [6, 6.07) is 20.4. The Balaban J connectivity index is 1.40. The van der Waals surface area contributed by atoms with E-state index in [9.17, 15) is 4.79 Å². The molecule has 1 saturated heterocycles. The highest BCUT2D eigenvalue weighted by Crippen LogP contribution is 2.29. The second-order valence-electron chi connectivity index (χ2n) is 7.94. The summed E-state index contributed by atoms with van der Waals surface area (Å²) in [7, 11) is 0. The molecular weight excluding hydrogens is 374 g/mol. The number of nitrogens with two attached hydrogens (primary N) is 1. The van der Waals surface area contributed by atoms with Crippen molar-refractivity contribution >= 4 is 5.91 Å². The molecule has 0 saturated carbocycles. The molecule has 2 heterocycles. The number of aromatic nitrogens is 1. The predicted molar refractivity (Wildman–Crippen MR) is 118 cm³/mol. The summed E-state index contributed by atoms with van der Waals surface area (Å²) in [6.07, 6.45) is 3.92. The number of pyridine rings is 1. The maximum Gasteiger partial charge on any atom is 0.250 e. The monoisotopic (exact) mass is 401 g/mol. The molecule has 0 bridgehead atoms. The number of carbonyl (C=O) groups excluding carboxylic acids is 1. The van der Waals surface area contributed by atoms with Crippen molar-refractivity contribution in [3.63, 3.8) is 0 Å². The SMILES string of the molecule is Cc1cc(CN2CCCC(c3ccccc3)C2)ccc1Oc1ccc(C(N)=O)cn1. The third-order valence-electron chi connectivity index (χ3n) is 5.66. The molecule has 2 N–H and O–H groups in total. The topological polar surface area (TPSA) is 68.5 Å². The summed E-state index contributed by atoms with van der Waals surface area (Å²) in [6.45, 7) is 5.21. The second kappa shape index (κ2) is 9.09. The van der Waals surface area contributed by atoms with E-state index in [1.54, 1.807) is 12.1 Å². The minimum absolute atomic E-state index is 0.366. The number of aryl methyl sites for hydroxylation is 1. The molecular formula is C25H27N3O2. The van der Waals surface area contributed by atoms with E-state index in [-0.39, 0.29) is 0 Å². The van der Waals surface area contributed by atoms with Crippen LogP contribution in [-0.2, 0) is 6.54 Å². The number of primary amides is 1. The molecule has 0 spiro atoms. The van der Waals surface area contributed by atoms with Gasteiger partial charge in [0, 0.05) is 25.4 Å². The Morgan fingerprint density at radius 1 is 1.17 bits per heavy atom. The van der Waals surface area contributed by atoms with E-state index in [2.05, 4.69) is 52.3 Å². The van der Waals surface area contributed by atoms with Crippen molar-refractivity contribution in [2.24, 2.45) is 5.73 Å². The Morgan fingerprint density at radius 3 is 2.70 bits per heavy atom. The van der Waals surface area contributed by atoms with Gasteiger partial charge >= 0.3 is 0 Å². The molecule has 1 unspecified atom stereocenters. The first kappa shape index (κ1) is 20.1. The molecule has 1 aliphatic rings. The normalized spacial score (nSPS) is 16.9. The van der Waals surface area contributed by atoms with Crippen molar-refractivity contribution in [2.75, 3.05) is 13.1 Å². The number of amides is 1. The highest BCUT2D eigenvalue weighted by atomic mass is 16.5. The lowest BCUT2D eigenvalue weighted by Gasteiger charge is -2.33. The lowest BCUT2D eigenvalue weighted by Crippen LogP contribution is -2.33. The van der Waals surface area contributed by atoms with Crippen LogP contribution in [0, 0.1) is 6.92 Å². The Hall–Kier alpha value is -3.18. The van der Waals surface area contributed by atoms with Gasteiger partial charge in [0.15, 0.2) is 0 Å². The Bertz CT molecular complexity index is 1000. The van der Waals surface area contributed by atoms with E-state index < -0.39 is 5.91 Å². The first-order chi connectivity index (χ1) is 14.6. The van der Waals surface area contributed by atoms with Gasteiger partial charge in [0.1, 0.15) is 5.75 Å². The van der Waals surface area contributed by atoms with Gasteiger partial charge in [-0.3, -0.25) is 9.69 Å². The number of hydrogen-bond donors (Lipinski definition) is 1. The molecule has 1 aromatic heterocycles. The smallest absolute Gasteiger partial charge is 0.250 e. The number of nitrogens with zero attached hydrogens (tertiary/aromatic N) is 2. The molecule has 0 aliphatic carbocycles. The van der Waals surface area contributed by atoms with Crippen LogP contribution in [0.1, 0.15) is 45.8 Å². The van der Waals surface area contributed by atoms with Crippen LogP contribution in [0.5, 0.6) is 11.6 Å². The van der Waals surface area contributed by atoms with Crippen molar-refractivity contribution in [2.45, 2.75) is 32.2 Å². The fraction of sp³-hybridized carbons (Fsp3) is 0.280. The van der Waals surface area contributed by atoms with Crippen LogP contribution in [0.15, 0.2) is 66.9 Å². The van der Waals surface area contributed by atoms with E-state index >= 15 is 0 Å². The Labute approximate surface area is 177 Å². The summed E-state index contributed by atoms with van der Waals surface area (Å²) in [5.74, 6) is 1.32. The van der Waals surface area contributed by atoms with Crippen LogP contribution in [0.25, 0.3) is 0 Å². The summed E-state index contributed by atoms with van der Waals surface area (Å²) in [5, 5.41) is 0. The third kappa shape index (κ3) is 4.86. The number of likely N-dealkylation sites (tertiary alicyclic amines) is 1. The summed E-state index contributed by atoms with van der Waals surface area (Å²) < 4.78 is 5.89. The van der Waals surface area contributed by atoms with Crippen LogP contribution < -0.4 is 10.5 Å². The molecule has 4 rings (SSSR count). The fourth-order valence-electron chi connectivity index (χ4n) is 4.08. The lowest BCUT2D eigenvalue weighted by molar-refractivity contribution is 0.1000. The highest BCUT2D eigenvalue weighted by Gasteiger charge is 2.21. The van der Waals surface area contributed by atoms with E-state index in [4.69, 9.17) is 10.5 Å². The maximum absolute atomic E-state index is 11.2. The molecule has 5 nitrogen and oxygen atoms in total. The number of hydrogen-bond acceptors (Lipinski definition) is 4. The lowest BCUT2D eigenvalue weighted by atomic mass is 9.90. The predicted octanol–water partition coefficient (Wildman–Crippen LogP) is 4.66. The average molecular weight is 402 g/mol. The van der Waals surface area contributed by atoms with Gasteiger partial charge in [0.2, 0.25) is 11.8 Å². The van der Waals surface area contributed by atoms with Crippen molar-refractivity contribution in [3.8, 4) is 11.6 Å². The number of piperidine rings is 1. The number of ether oxygens (including phenoxy) is 1. The van der Waals surface area contributed by atoms with Gasteiger partial charge in [0.05, 0.1) is 5.56 Å². The van der Waals surface area contributed by atoms with E-state index in [1.807, 2.05) is 13.0 Å². The average Bonchev–Trinajstić information content (AvgIpc) is 2.77. The van der Waals surface area contributed by atoms with Crippen molar-refractivity contribution in [1.82, 2.24) is 9.88 Å². The van der Waals surface area contributed by atoms with Gasteiger partial charge in [-0.2, -0.15) is 0 Å². The standard InChI is InChI=1S/C25H27N3O2/c1-18-14-19(9-11-23(18)30-24-12-10-21(15-27-24)25(26)29)16-28-13-5-8-22(17-28)20-6-3-2-4-7-20/h2-4,6-7,9-12,14-15,22H,5,8,13,16-17H2,1H3,(H2,26,29). The molecule has 30 heavy (non-hydrogen) atoms. The Morgan fingerprint density at radius 2 is 2.00 bits per heavy atom. The van der Waals surface area contributed by atoms with Crippen LogP contribution in [0.4, 0.5) is 0 Å². The molecule has 1 atom stereocenters. The zero-order valence-electron chi connectivity index (χ0n) is 17.3. The van der Waals surface area contributed by atoms with Gasteiger partial charge in [-0.05, 0) is 61.1 Å². The number of carbonyl (C=O) groups is 1. The molecule has 0 radical (unpaired) electrons. The zero-order chi connectivity index (χ0) is 20.9. The van der Waals surface area contributed by atoms with Gasteiger partial charge in [-0.25, -0.2) is 4.98 Å². The van der Waals surface area contributed by atoms with Crippen molar-refractivity contribution < 1.29 is 9.53 Å². The first-order valence-electron chi connectivity index (χ1n) is 10.4. The number of rotatable bonds is 6. The summed E-state index contributed by atoms with van der Waals surface area (Å²) >= 11 is 0. The van der Waals surface area contributed by atoms with Gasteiger partial charge in [0.25, 0.3) is 0 Å². The van der Waals surface area contributed by atoms with Crippen LogP contribution in [0.2, 0.25) is 0 Å². The third-order valence-corrected chi connectivity index (χ3v) is 5.66. The zero-order valence-corrected chi connectivity index (χ0v) is 17.3. The van der Waals surface area contributed by atoms with Crippen LogP contribution in [0.3, 0.4) is 0 Å². The Kier molecular flexibility index (Phi) is 6.10.